The Morgan fingerprint density at radius 3 is 2.23 bits per heavy atom. The van der Waals surface area contributed by atoms with Gasteiger partial charge in [0.05, 0.1) is 0 Å². The summed E-state index contributed by atoms with van der Waals surface area (Å²) in [5.41, 5.74) is -1.54. The van der Waals surface area contributed by atoms with Crippen LogP contribution in [0.1, 0.15) is 26.7 Å². The molecule has 1 rings (SSSR count). The Morgan fingerprint density at radius 1 is 1.38 bits per heavy atom. The van der Waals surface area contributed by atoms with Crippen LogP contribution in [0.3, 0.4) is 0 Å². The van der Waals surface area contributed by atoms with Crippen LogP contribution in [0.15, 0.2) is 0 Å². The van der Waals surface area contributed by atoms with Crippen molar-refractivity contribution in [2.45, 2.75) is 32.4 Å². The van der Waals surface area contributed by atoms with Crippen LogP contribution in [0.25, 0.3) is 0 Å². The average Bonchev–Trinajstić information content (AvgIpc) is 2.09. The summed E-state index contributed by atoms with van der Waals surface area (Å²) >= 11 is 0. The predicted molar refractivity (Wildman–Crippen MR) is 50.4 cm³/mol. The van der Waals surface area contributed by atoms with Gasteiger partial charge >= 0.3 is 0 Å². The quantitative estimate of drug-likeness (QED) is 0.655. The highest BCUT2D eigenvalue weighted by Crippen LogP contribution is 2.29. The highest BCUT2D eigenvalue weighted by Gasteiger charge is 2.41. The molecule has 1 aliphatic rings. The van der Waals surface area contributed by atoms with Crippen molar-refractivity contribution < 1.29 is 9.18 Å². The fourth-order valence-electron chi connectivity index (χ4n) is 1.74. The van der Waals surface area contributed by atoms with Crippen LogP contribution >= 0.6 is 0 Å². The van der Waals surface area contributed by atoms with Crippen LogP contribution in [0, 0.1) is 5.92 Å². The molecule has 0 radical (unpaired) electrons. The lowest BCUT2D eigenvalue weighted by molar-refractivity contribution is -0.136. The molecule has 0 unspecified atom stereocenters. The van der Waals surface area contributed by atoms with Crippen LogP contribution < -0.4 is 0 Å². The largest absolute Gasteiger partial charge is 0.306 e. The third-order valence-corrected chi connectivity index (χ3v) is 2.75. The van der Waals surface area contributed by atoms with Gasteiger partial charge < -0.3 is 4.90 Å². The Labute approximate surface area is 79.1 Å². The summed E-state index contributed by atoms with van der Waals surface area (Å²) in [4.78, 5) is 13.6. The molecule has 3 heteroatoms. The topological polar surface area (TPSA) is 20.3 Å². The van der Waals surface area contributed by atoms with E-state index in [0.717, 1.165) is 0 Å². The zero-order chi connectivity index (χ0) is 10.1. The molecule has 1 fully saturated rings. The van der Waals surface area contributed by atoms with Crippen molar-refractivity contribution in [1.29, 1.82) is 0 Å². The Hall–Kier alpha value is -0.440. The molecular formula is C10H18FNO. The maximum absolute atomic E-state index is 14.0. The molecule has 13 heavy (non-hydrogen) atoms. The van der Waals surface area contributed by atoms with Crippen LogP contribution in [0.5, 0.6) is 0 Å². The molecule has 2 nitrogen and oxygen atoms in total. The summed E-state index contributed by atoms with van der Waals surface area (Å²) in [6.07, 6.45) is 0.723. The fourth-order valence-corrected chi connectivity index (χ4v) is 1.74. The van der Waals surface area contributed by atoms with E-state index in [1.54, 1.807) is 13.8 Å². The molecule has 1 heterocycles. The van der Waals surface area contributed by atoms with E-state index in [2.05, 4.69) is 4.90 Å². The second-order valence-electron chi connectivity index (χ2n) is 4.29. The van der Waals surface area contributed by atoms with Crippen molar-refractivity contribution in [3.8, 4) is 0 Å². The Bertz CT molecular complexity index is 195. The van der Waals surface area contributed by atoms with E-state index >= 15 is 0 Å². The van der Waals surface area contributed by atoms with Gasteiger partial charge in [0.2, 0.25) is 0 Å². The van der Waals surface area contributed by atoms with Crippen molar-refractivity contribution in [3.05, 3.63) is 0 Å². The number of alkyl halides is 1. The van der Waals surface area contributed by atoms with Crippen LogP contribution in [-0.4, -0.2) is 36.5 Å². The molecule has 0 bridgehead atoms. The summed E-state index contributed by atoms with van der Waals surface area (Å²) in [5.74, 6) is -0.408. The number of carbonyl (C=O) groups excluding carboxylic acids is 1. The van der Waals surface area contributed by atoms with Crippen molar-refractivity contribution in [2.24, 2.45) is 5.92 Å². The maximum Gasteiger partial charge on any atom is 0.172 e. The van der Waals surface area contributed by atoms with Gasteiger partial charge in [0.25, 0.3) is 0 Å². The molecule has 0 N–H and O–H groups in total. The van der Waals surface area contributed by atoms with Crippen LogP contribution in [0.4, 0.5) is 4.39 Å². The highest BCUT2D eigenvalue weighted by molar-refractivity contribution is 5.88. The van der Waals surface area contributed by atoms with Gasteiger partial charge in [-0.1, -0.05) is 13.8 Å². The first-order chi connectivity index (χ1) is 5.96. The molecule has 0 aromatic carbocycles. The normalized spacial score (nSPS) is 23.5. The first-order valence-corrected chi connectivity index (χ1v) is 4.87. The van der Waals surface area contributed by atoms with Gasteiger partial charge in [-0.25, -0.2) is 4.39 Å². The van der Waals surface area contributed by atoms with Gasteiger partial charge in [0.15, 0.2) is 11.5 Å². The van der Waals surface area contributed by atoms with Crippen molar-refractivity contribution in [1.82, 2.24) is 4.90 Å². The molecule has 0 amide bonds. The minimum atomic E-state index is -1.54. The van der Waals surface area contributed by atoms with E-state index in [-0.39, 0.29) is 11.7 Å². The van der Waals surface area contributed by atoms with Gasteiger partial charge in [-0.05, 0) is 7.05 Å². The van der Waals surface area contributed by atoms with Gasteiger partial charge in [0, 0.05) is 31.8 Å². The van der Waals surface area contributed by atoms with E-state index in [4.69, 9.17) is 0 Å². The summed E-state index contributed by atoms with van der Waals surface area (Å²) in [6.45, 7) is 4.91. The number of rotatable bonds is 2. The van der Waals surface area contributed by atoms with Crippen LogP contribution in [-0.2, 0) is 4.79 Å². The smallest absolute Gasteiger partial charge is 0.172 e. The number of hydrogen-bond acceptors (Lipinski definition) is 2. The second-order valence-corrected chi connectivity index (χ2v) is 4.29. The lowest BCUT2D eigenvalue weighted by Gasteiger charge is -2.34. The van der Waals surface area contributed by atoms with Gasteiger partial charge in [-0.3, -0.25) is 4.79 Å². The third kappa shape index (κ3) is 2.27. The SMILES string of the molecule is CC(C)C(=O)C1(F)CCN(C)CC1. The highest BCUT2D eigenvalue weighted by atomic mass is 19.1. The first kappa shape index (κ1) is 10.6. The van der Waals surface area contributed by atoms with Crippen LogP contribution in [0.2, 0.25) is 0 Å². The zero-order valence-corrected chi connectivity index (χ0v) is 8.64. The van der Waals surface area contributed by atoms with Crippen molar-refractivity contribution in [2.75, 3.05) is 20.1 Å². The number of likely N-dealkylation sites (tertiary alicyclic amines) is 1. The Balaban J connectivity index is 2.61. The number of hydrogen-bond donors (Lipinski definition) is 0. The minimum absolute atomic E-state index is 0.187. The molecule has 0 spiro atoms. The maximum atomic E-state index is 14.0. The molecule has 1 aliphatic heterocycles. The number of piperidine rings is 1. The van der Waals surface area contributed by atoms with E-state index in [0.29, 0.717) is 25.9 Å². The monoisotopic (exact) mass is 187 g/mol. The summed E-state index contributed by atoms with van der Waals surface area (Å²) in [7, 11) is 1.96. The number of nitrogens with zero attached hydrogens (tertiary/aromatic N) is 1. The molecule has 1 saturated heterocycles. The summed E-state index contributed by atoms with van der Waals surface area (Å²) in [5, 5.41) is 0. The zero-order valence-electron chi connectivity index (χ0n) is 8.64. The predicted octanol–water partition coefficient (Wildman–Crippen LogP) is 1.65. The average molecular weight is 187 g/mol. The molecule has 0 atom stereocenters. The molecule has 0 saturated carbocycles. The first-order valence-electron chi connectivity index (χ1n) is 4.87. The number of Topliss-reactive ketones (excluding diaryl/α,β-unsaturated/α-hetero) is 1. The number of ketones is 1. The molecule has 0 aromatic heterocycles. The van der Waals surface area contributed by atoms with E-state index in [1.165, 1.54) is 0 Å². The second kappa shape index (κ2) is 3.74. The van der Waals surface area contributed by atoms with Crippen molar-refractivity contribution >= 4 is 5.78 Å². The minimum Gasteiger partial charge on any atom is -0.306 e. The lowest BCUT2D eigenvalue weighted by Crippen LogP contribution is -2.46. The van der Waals surface area contributed by atoms with E-state index in [9.17, 15) is 9.18 Å². The lowest BCUT2D eigenvalue weighted by atomic mass is 9.84. The Kier molecular flexibility index (Phi) is 3.06. The Morgan fingerprint density at radius 2 is 1.85 bits per heavy atom. The summed E-state index contributed by atoms with van der Waals surface area (Å²) in [6, 6.07) is 0. The fraction of sp³-hybridized carbons (Fsp3) is 0.900. The van der Waals surface area contributed by atoms with Gasteiger partial charge in [0.1, 0.15) is 0 Å². The summed E-state index contributed by atoms with van der Waals surface area (Å²) < 4.78 is 14.0. The third-order valence-electron chi connectivity index (χ3n) is 2.75. The standard InChI is InChI=1S/C10H18FNO/c1-8(2)9(13)10(11)4-6-12(3)7-5-10/h8H,4-7H2,1-3H3. The molecule has 0 aliphatic carbocycles. The number of halogens is 1. The molecule has 76 valence electrons. The number of carbonyl (C=O) groups is 1. The van der Waals surface area contributed by atoms with Gasteiger partial charge in [-0.2, -0.15) is 0 Å². The van der Waals surface area contributed by atoms with E-state index < -0.39 is 5.67 Å². The van der Waals surface area contributed by atoms with Gasteiger partial charge in [-0.15, -0.1) is 0 Å². The van der Waals surface area contributed by atoms with Crippen molar-refractivity contribution in [3.63, 3.8) is 0 Å². The van der Waals surface area contributed by atoms with E-state index in [1.807, 2.05) is 7.05 Å². The molecule has 0 aromatic rings. The molecular weight excluding hydrogens is 169 g/mol.